The summed E-state index contributed by atoms with van der Waals surface area (Å²) >= 11 is 1.76. The first-order valence-corrected chi connectivity index (χ1v) is 7.28. The Labute approximate surface area is 118 Å². The number of carbonyl (C=O) groups excluding carboxylic acids is 1. The minimum Gasteiger partial charge on any atom is -0.496 e. The first-order chi connectivity index (χ1) is 9.11. The second kappa shape index (κ2) is 5.84. The van der Waals surface area contributed by atoms with Crippen molar-refractivity contribution in [2.75, 3.05) is 14.2 Å². The highest BCUT2D eigenvalue weighted by Gasteiger charge is 2.43. The van der Waals surface area contributed by atoms with Gasteiger partial charge in [-0.3, -0.25) is 4.79 Å². The summed E-state index contributed by atoms with van der Waals surface area (Å²) in [5.74, 6) is 0.631. The average Bonchev–Trinajstić information content (AvgIpc) is 2.84. The zero-order chi connectivity index (χ0) is 13.9. The van der Waals surface area contributed by atoms with Gasteiger partial charge in [0.25, 0.3) is 0 Å². The lowest BCUT2D eigenvalue weighted by atomic mass is 9.97. The maximum Gasteiger partial charge on any atom is 0.237 e. The molecule has 0 aromatic heterocycles. The van der Waals surface area contributed by atoms with Crippen molar-refractivity contribution in [1.82, 2.24) is 5.32 Å². The second-order valence-electron chi connectivity index (χ2n) is 4.83. The van der Waals surface area contributed by atoms with Crippen molar-refractivity contribution in [3.05, 3.63) is 24.3 Å². The van der Waals surface area contributed by atoms with Crippen LogP contribution in [0.4, 0.5) is 0 Å². The molecule has 1 fully saturated rings. The predicted molar refractivity (Wildman–Crippen MR) is 77.5 cm³/mol. The number of primary amides is 1. The number of carbonyl (C=O) groups is 1. The van der Waals surface area contributed by atoms with Crippen molar-refractivity contribution in [3.8, 4) is 5.75 Å². The van der Waals surface area contributed by atoms with Gasteiger partial charge in [0.05, 0.1) is 12.6 Å². The Morgan fingerprint density at radius 3 is 2.84 bits per heavy atom. The smallest absolute Gasteiger partial charge is 0.237 e. The summed E-state index contributed by atoms with van der Waals surface area (Å²) in [4.78, 5) is 12.7. The SMILES string of the molecule is CNC1(C(N)=O)CCC(Sc2ccccc2OC)C1. The molecular weight excluding hydrogens is 260 g/mol. The molecule has 0 saturated heterocycles. The third-order valence-corrected chi connectivity index (χ3v) is 5.11. The van der Waals surface area contributed by atoms with Crippen LogP contribution >= 0.6 is 11.8 Å². The van der Waals surface area contributed by atoms with Crippen molar-refractivity contribution in [2.24, 2.45) is 5.73 Å². The van der Waals surface area contributed by atoms with Gasteiger partial charge in [-0.2, -0.15) is 0 Å². The standard InChI is InChI=1S/C14H20N2O2S/c1-16-14(13(15)17)8-7-10(9-14)19-12-6-4-3-5-11(12)18-2/h3-6,10,16H,7-9H2,1-2H3,(H2,15,17). The predicted octanol–water partition coefficient (Wildman–Crippen LogP) is 1.78. The normalized spacial score (nSPS) is 26.3. The molecule has 0 aliphatic heterocycles. The summed E-state index contributed by atoms with van der Waals surface area (Å²) in [5, 5.41) is 3.49. The number of thioether (sulfide) groups is 1. The third kappa shape index (κ3) is 2.87. The highest BCUT2D eigenvalue weighted by molar-refractivity contribution is 8.00. The van der Waals surface area contributed by atoms with Crippen LogP contribution in [0.3, 0.4) is 0 Å². The van der Waals surface area contributed by atoms with E-state index in [4.69, 9.17) is 10.5 Å². The van der Waals surface area contributed by atoms with Crippen LogP contribution in [0, 0.1) is 0 Å². The van der Waals surface area contributed by atoms with E-state index in [1.54, 1.807) is 25.9 Å². The van der Waals surface area contributed by atoms with Crippen molar-refractivity contribution in [1.29, 1.82) is 0 Å². The molecule has 104 valence electrons. The summed E-state index contributed by atoms with van der Waals surface area (Å²) in [6.45, 7) is 0. The van der Waals surface area contributed by atoms with E-state index >= 15 is 0 Å². The average molecular weight is 280 g/mol. The highest BCUT2D eigenvalue weighted by atomic mass is 32.2. The number of benzene rings is 1. The van der Waals surface area contributed by atoms with Gasteiger partial charge in [0.2, 0.25) is 5.91 Å². The lowest BCUT2D eigenvalue weighted by molar-refractivity contribution is -0.124. The summed E-state index contributed by atoms with van der Waals surface area (Å²) in [5.41, 5.74) is 4.98. The van der Waals surface area contributed by atoms with Gasteiger partial charge in [0.15, 0.2) is 0 Å². The van der Waals surface area contributed by atoms with Gasteiger partial charge >= 0.3 is 0 Å². The zero-order valence-corrected chi connectivity index (χ0v) is 12.1. The molecule has 19 heavy (non-hydrogen) atoms. The Balaban J connectivity index is 2.08. The second-order valence-corrected chi connectivity index (χ2v) is 6.17. The van der Waals surface area contributed by atoms with Crippen LogP contribution in [0.2, 0.25) is 0 Å². The number of likely N-dealkylation sites (N-methyl/N-ethyl adjacent to an activating group) is 1. The van der Waals surface area contributed by atoms with E-state index in [0.29, 0.717) is 5.25 Å². The molecular formula is C14H20N2O2S. The zero-order valence-electron chi connectivity index (χ0n) is 11.3. The van der Waals surface area contributed by atoms with Crippen molar-refractivity contribution in [3.63, 3.8) is 0 Å². The van der Waals surface area contributed by atoms with Crippen molar-refractivity contribution in [2.45, 2.75) is 34.9 Å². The molecule has 1 amide bonds. The summed E-state index contributed by atoms with van der Waals surface area (Å²) in [7, 11) is 3.48. The molecule has 0 bridgehead atoms. The minimum atomic E-state index is -0.542. The van der Waals surface area contributed by atoms with Gasteiger partial charge < -0.3 is 15.8 Å². The fourth-order valence-electron chi connectivity index (χ4n) is 2.57. The van der Waals surface area contributed by atoms with Crippen LogP contribution < -0.4 is 15.8 Å². The van der Waals surface area contributed by atoms with Crippen LogP contribution in [0.15, 0.2) is 29.2 Å². The monoisotopic (exact) mass is 280 g/mol. The molecule has 1 aromatic carbocycles. The van der Waals surface area contributed by atoms with Crippen molar-refractivity contribution >= 4 is 17.7 Å². The molecule has 3 N–H and O–H groups in total. The fraction of sp³-hybridized carbons (Fsp3) is 0.500. The Bertz CT molecular complexity index is 467. The first kappa shape index (κ1) is 14.2. The molecule has 2 rings (SSSR count). The Hall–Kier alpha value is -1.20. The molecule has 0 spiro atoms. The fourth-order valence-corrected chi connectivity index (χ4v) is 3.96. The Kier molecular flexibility index (Phi) is 4.37. The first-order valence-electron chi connectivity index (χ1n) is 6.40. The van der Waals surface area contributed by atoms with Gasteiger partial charge in [0.1, 0.15) is 5.75 Å². The van der Waals surface area contributed by atoms with E-state index in [0.717, 1.165) is 29.9 Å². The number of methoxy groups -OCH3 is 1. The number of hydrogen-bond donors (Lipinski definition) is 2. The van der Waals surface area contributed by atoms with E-state index in [-0.39, 0.29) is 5.91 Å². The Morgan fingerprint density at radius 1 is 1.53 bits per heavy atom. The van der Waals surface area contributed by atoms with Gasteiger partial charge in [-0.15, -0.1) is 11.8 Å². The molecule has 4 nitrogen and oxygen atoms in total. The Morgan fingerprint density at radius 2 is 2.26 bits per heavy atom. The van der Waals surface area contributed by atoms with Crippen LogP contribution in [0.5, 0.6) is 5.75 Å². The maximum absolute atomic E-state index is 11.6. The number of hydrogen-bond acceptors (Lipinski definition) is 4. The van der Waals surface area contributed by atoms with E-state index in [1.807, 2.05) is 24.3 Å². The molecule has 2 unspecified atom stereocenters. The molecule has 5 heteroatoms. The van der Waals surface area contributed by atoms with Gasteiger partial charge in [-0.25, -0.2) is 0 Å². The summed E-state index contributed by atoms with van der Waals surface area (Å²) < 4.78 is 5.35. The van der Waals surface area contributed by atoms with Crippen LogP contribution in [0.1, 0.15) is 19.3 Å². The number of nitrogens with one attached hydrogen (secondary N) is 1. The van der Waals surface area contributed by atoms with Gasteiger partial charge in [0, 0.05) is 10.1 Å². The van der Waals surface area contributed by atoms with E-state index in [9.17, 15) is 4.79 Å². The third-order valence-electron chi connectivity index (χ3n) is 3.78. The lowest BCUT2D eigenvalue weighted by Gasteiger charge is -2.24. The molecule has 0 heterocycles. The van der Waals surface area contributed by atoms with E-state index < -0.39 is 5.54 Å². The minimum absolute atomic E-state index is 0.252. The maximum atomic E-state index is 11.6. The van der Waals surface area contributed by atoms with Crippen LogP contribution in [-0.4, -0.2) is 30.9 Å². The summed E-state index contributed by atoms with van der Waals surface area (Å²) in [6, 6.07) is 7.96. The van der Waals surface area contributed by atoms with E-state index in [1.165, 1.54) is 0 Å². The molecule has 1 aromatic rings. The van der Waals surface area contributed by atoms with Gasteiger partial charge in [-0.05, 0) is 38.4 Å². The summed E-state index contributed by atoms with van der Waals surface area (Å²) in [6.07, 6.45) is 2.54. The number of nitrogens with two attached hydrogens (primary N) is 1. The van der Waals surface area contributed by atoms with Gasteiger partial charge in [-0.1, -0.05) is 12.1 Å². The number of rotatable bonds is 5. The number of ether oxygens (including phenoxy) is 1. The molecule has 0 radical (unpaired) electrons. The molecule has 1 saturated carbocycles. The van der Waals surface area contributed by atoms with E-state index in [2.05, 4.69) is 5.32 Å². The van der Waals surface area contributed by atoms with Crippen molar-refractivity contribution < 1.29 is 9.53 Å². The molecule has 2 atom stereocenters. The molecule has 1 aliphatic carbocycles. The van der Waals surface area contributed by atoms with Crippen LogP contribution in [-0.2, 0) is 4.79 Å². The quantitative estimate of drug-likeness (QED) is 0.863. The largest absolute Gasteiger partial charge is 0.496 e. The molecule has 1 aliphatic rings. The van der Waals surface area contributed by atoms with Crippen LogP contribution in [0.25, 0.3) is 0 Å². The topological polar surface area (TPSA) is 64.3 Å². The highest BCUT2D eigenvalue weighted by Crippen LogP contribution is 2.42. The lowest BCUT2D eigenvalue weighted by Crippen LogP contribution is -2.52. The number of amides is 1. The number of para-hydroxylation sites is 1.